The second kappa shape index (κ2) is 5.54. The van der Waals surface area contributed by atoms with E-state index in [9.17, 15) is 9.18 Å². The number of carbonyl (C=O) groups is 1. The Labute approximate surface area is 118 Å². The minimum atomic E-state index is -0.648. The first kappa shape index (κ1) is 13.8. The number of hydrogen-bond donors (Lipinski definition) is 1. The number of esters is 1. The van der Waals surface area contributed by atoms with Crippen LogP contribution in [0.15, 0.2) is 18.2 Å². The molecule has 1 heterocycles. The van der Waals surface area contributed by atoms with Crippen LogP contribution < -0.4 is 5.73 Å². The van der Waals surface area contributed by atoms with Gasteiger partial charge in [0.25, 0.3) is 0 Å². The lowest BCUT2D eigenvalue weighted by molar-refractivity contribution is 0.0521. The number of halogens is 2. The Morgan fingerprint density at radius 3 is 2.95 bits per heavy atom. The molecule has 2 aromatic rings. The van der Waals surface area contributed by atoms with Crippen LogP contribution in [0.5, 0.6) is 0 Å². The first-order valence-corrected chi connectivity index (χ1v) is 6.61. The normalized spacial score (nSPS) is 10.5. The van der Waals surface area contributed by atoms with E-state index in [1.807, 2.05) is 0 Å². The quantitative estimate of drug-likeness (QED) is 0.883. The summed E-state index contributed by atoms with van der Waals surface area (Å²) in [6, 6.07) is 4.27. The SMILES string of the molecule is CCOC(=O)c1nc(N)sc1-c1c(F)cccc1Cl. The molecule has 7 heteroatoms. The van der Waals surface area contributed by atoms with Gasteiger partial charge in [-0.1, -0.05) is 29.0 Å². The van der Waals surface area contributed by atoms with Gasteiger partial charge in [0.1, 0.15) is 5.82 Å². The molecule has 0 saturated carbocycles. The summed E-state index contributed by atoms with van der Waals surface area (Å²) in [6.45, 7) is 1.87. The minimum Gasteiger partial charge on any atom is -0.461 e. The van der Waals surface area contributed by atoms with Crippen LogP contribution in [0.4, 0.5) is 9.52 Å². The van der Waals surface area contributed by atoms with Gasteiger partial charge in [-0.05, 0) is 19.1 Å². The summed E-state index contributed by atoms with van der Waals surface area (Å²) < 4.78 is 18.7. The highest BCUT2D eigenvalue weighted by Gasteiger charge is 2.23. The molecule has 1 aromatic heterocycles. The molecule has 0 spiro atoms. The van der Waals surface area contributed by atoms with Crippen LogP contribution in [0.2, 0.25) is 5.02 Å². The average Bonchev–Trinajstić information content (AvgIpc) is 2.71. The van der Waals surface area contributed by atoms with Crippen LogP contribution in [0, 0.1) is 5.82 Å². The third-order valence-electron chi connectivity index (χ3n) is 2.30. The second-order valence-corrected chi connectivity index (χ2v) is 4.98. The van der Waals surface area contributed by atoms with Gasteiger partial charge in [0.05, 0.1) is 16.5 Å². The lowest BCUT2D eigenvalue weighted by atomic mass is 10.1. The summed E-state index contributed by atoms with van der Waals surface area (Å²) in [6.07, 6.45) is 0. The molecule has 100 valence electrons. The van der Waals surface area contributed by atoms with Crippen molar-refractivity contribution >= 4 is 34.0 Å². The monoisotopic (exact) mass is 300 g/mol. The number of thiazole rings is 1. The number of ether oxygens (including phenoxy) is 1. The van der Waals surface area contributed by atoms with E-state index in [0.717, 1.165) is 11.3 Å². The van der Waals surface area contributed by atoms with Crippen molar-refractivity contribution in [3.63, 3.8) is 0 Å². The predicted molar refractivity (Wildman–Crippen MR) is 72.9 cm³/mol. The van der Waals surface area contributed by atoms with Crippen molar-refractivity contribution in [2.45, 2.75) is 6.92 Å². The van der Waals surface area contributed by atoms with Crippen LogP contribution in [0.1, 0.15) is 17.4 Å². The largest absolute Gasteiger partial charge is 0.461 e. The molecular weight excluding hydrogens is 291 g/mol. The zero-order valence-electron chi connectivity index (χ0n) is 9.94. The Morgan fingerprint density at radius 1 is 1.58 bits per heavy atom. The van der Waals surface area contributed by atoms with Crippen LogP contribution >= 0.6 is 22.9 Å². The fourth-order valence-electron chi connectivity index (χ4n) is 1.56. The Balaban J connectivity index is 2.60. The molecule has 0 aliphatic rings. The number of hydrogen-bond acceptors (Lipinski definition) is 5. The van der Waals surface area contributed by atoms with Crippen molar-refractivity contribution in [3.8, 4) is 10.4 Å². The number of carbonyl (C=O) groups excluding carboxylic acids is 1. The molecule has 0 unspecified atom stereocenters. The number of nitrogens with zero attached hydrogens (tertiary/aromatic N) is 1. The molecule has 2 N–H and O–H groups in total. The van der Waals surface area contributed by atoms with Gasteiger partial charge in [-0.15, -0.1) is 0 Å². The van der Waals surface area contributed by atoms with Crippen molar-refractivity contribution in [1.29, 1.82) is 0 Å². The van der Waals surface area contributed by atoms with Crippen molar-refractivity contribution in [2.24, 2.45) is 0 Å². The molecule has 1 aromatic carbocycles. The van der Waals surface area contributed by atoms with Gasteiger partial charge in [0.15, 0.2) is 10.8 Å². The summed E-state index contributed by atoms with van der Waals surface area (Å²) in [7, 11) is 0. The van der Waals surface area contributed by atoms with E-state index in [0.29, 0.717) is 0 Å². The molecule has 0 radical (unpaired) electrons. The highest BCUT2D eigenvalue weighted by Crippen LogP contribution is 2.38. The van der Waals surface area contributed by atoms with Crippen molar-refractivity contribution in [1.82, 2.24) is 4.98 Å². The summed E-state index contributed by atoms with van der Waals surface area (Å²) in [5, 5.41) is 0.339. The first-order valence-electron chi connectivity index (χ1n) is 5.42. The fraction of sp³-hybridized carbons (Fsp3) is 0.167. The van der Waals surface area contributed by atoms with Gasteiger partial charge in [0.2, 0.25) is 0 Å². The van der Waals surface area contributed by atoms with Gasteiger partial charge in [-0.2, -0.15) is 0 Å². The van der Waals surface area contributed by atoms with E-state index in [2.05, 4.69) is 4.98 Å². The van der Waals surface area contributed by atoms with E-state index >= 15 is 0 Å². The smallest absolute Gasteiger partial charge is 0.358 e. The molecule has 0 aliphatic heterocycles. The van der Waals surface area contributed by atoms with Gasteiger partial charge in [-0.25, -0.2) is 14.2 Å². The van der Waals surface area contributed by atoms with E-state index in [-0.39, 0.29) is 32.9 Å². The summed E-state index contributed by atoms with van der Waals surface area (Å²) in [5.74, 6) is -1.19. The van der Waals surface area contributed by atoms with Crippen LogP contribution in [0.25, 0.3) is 10.4 Å². The lowest BCUT2D eigenvalue weighted by Gasteiger charge is -2.05. The number of nitrogens with two attached hydrogens (primary N) is 1. The third-order valence-corrected chi connectivity index (χ3v) is 3.52. The van der Waals surface area contributed by atoms with E-state index in [1.54, 1.807) is 6.92 Å². The summed E-state index contributed by atoms with van der Waals surface area (Å²) >= 11 is 6.96. The number of aromatic nitrogens is 1. The molecule has 0 aliphatic carbocycles. The number of nitrogen functional groups attached to an aromatic ring is 1. The molecule has 4 nitrogen and oxygen atoms in total. The van der Waals surface area contributed by atoms with Gasteiger partial charge in [0, 0.05) is 5.56 Å². The standard InChI is InChI=1S/C12H10ClFN2O2S/c1-2-18-11(17)9-10(19-12(15)16-9)8-6(13)4-3-5-7(8)14/h3-5H,2H2,1H3,(H2,15,16). The number of rotatable bonds is 3. The van der Waals surface area contributed by atoms with Gasteiger partial charge < -0.3 is 10.5 Å². The number of benzene rings is 1. The van der Waals surface area contributed by atoms with Gasteiger partial charge in [-0.3, -0.25) is 0 Å². The predicted octanol–water partition coefficient (Wildman–Crippen LogP) is 3.36. The van der Waals surface area contributed by atoms with Crippen LogP contribution in [-0.4, -0.2) is 17.6 Å². The van der Waals surface area contributed by atoms with E-state index in [1.165, 1.54) is 18.2 Å². The summed E-state index contributed by atoms with van der Waals surface area (Å²) in [4.78, 5) is 15.9. The molecule has 0 fully saturated rings. The summed E-state index contributed by atoms with van der Waals surface area (Å²) in [5.41, 5.74) is 5.68. The fourth-order valence-corrected chi connectivity index (χ4v) is 2.75. The molecule has 0 amide bonds. The molecule has 0 saturated heterocycles. The van der Waals surface area contributed by atoms with Crippen molar-refractivity contribution in [2.75, 3.05) is 12.3 Å². The Morgan fingerprint density at radius 2 is 2.32 bits per heavy atom. The topological polar surface area (TPSA) is 65.2 Å². The zero-order chi connectivity index (χ0) is 14.0. The Kier molecular flexibility index (Phi) is 4.01. The highest BCUT2D eigenvalue weighted by molar-refractivity contribution is 7.19. The van der Waals surface area contributed by atoms with E-state index in [4.69, 9.17) is 22.1 Å². The lowest BCUT2D eigenvalue weighted by Crippen LogP contribution is -2.07. The Bertz CT molecular complexity index is 610. The maximum absolute atomic E-state index is 13.9. The van der Waals surface area contributed by atoms with Gasteiger partial charge >= 0.3 is 5.97 Å². The number of anilines is 1. The molecule has 19 heavy (non-hydrogen) atoms. The highest BCUT2D eigenvalue weighted by atomic mass is 35.5. The van der Waals surface area contributed by atoms with E-state index < -0.39 is 11.8 Å². The van der Waals surface area contributed by atoms with Crippen LogP contribution in [0.3, 0.4) is 0 Å². The van der Waals surface area contributed by atoms with Crippen molar-refractivity contribution < 1.29 is 13.9 Å². The molecule has 2 rings (SSSR count). The van der Waals surface area contributed by atoms with Crippen molar-refractivity contribution in [3.05, 3.63) is 34.7 Å². The minimum absolute atomic E-state index is 0.0173. The molecule has 0 atom stereocenters. The van der Waals surface area contributed by atoms with Crippen LogP contribution in [-0.2, 0) is 4.74 Å². The first-order chi connectivity index (χ1) is 9.04. The Hall–Kier alpha value is -1.66. The molecule has 0 bridgehead atoms. The second-order valence-electron chi connectivity index (χ2n) is 3.55. The maximum Gasteiger partial charge on any atom is 0.358 e. The third kappa shape index (κ3) is 2.69. The average molecular weight is 301 g/mol. The zero-order valence-corrected chi connectivity index (χ0v) is 11.5. The maximum atomic E-state index is 13.9. The molecular formula is C12H10ClFN2O2S.